The third-order valence-electron chi connectivity index (χ3n) is 2.10. The molecule has 0 bridgehead atoms. The summed E-state index contributed by atoms with van der Waals surface area (Å²) in [6, 6.07) is 0. The molecule has 3 nitrogen and oxygen atoms in total. The number of hydrogen-bond donors (Lipinski definition) is 0. The molecule has 0 N–H and O–H groups in total. The Labute approximate surface area is 87.0 Å². The standard InChI is InChI=1S/C9H15BrO3/c1-6(11)9(2,3)5-7(10)8(12)13-4/h7H,5H2,1-4H3. The zero-order chi connectivity index (χ0) is 10.6. The Kier molecular flexibility index (Phi) is 4.61. The number of esters is 1. The lowest BCUT2D eigenvalue weighted by Crippen LogP contribution is -2.29. The molecule has 0 spiro atoms. The molecule has 0 heterocycles. The van der Waals surface area contributed by atoms with Gasteiger partial charge in [0.15, 0.2) is 0 Å². The molecule has 1 unspecified atom stereocenters. The van der Waals surface area contributed by atoms with Crippen LogP contribution in [0.5, 0.6) is 0 Å². The maximum atomic E-state index is 11.1. The van der Waals surface area contributed by atoms with E-state index in [1.807, 2.05) is 13.8 Å². The topological polar surface area (TPSA) is 43.4 Å². The first-order valence-electron chi connectivity index (χ1n) is 4.04. The van der Waals surface area contributed by atoms with Crippen molar-refractivity contribution < 1.29 is 14.3 Å². The van der Waals surface area contributed by atoms with Crippen LogP contribution in [0.1, 0.15) is 27.2 Å². The Morgan fingerprint density at radius 2 is 1.92 bits per heavy atom. The molecule has 0 saturated heterocycles. The fourth-order valence-electron chi connectivity index (χ4n) is 0.803. The Bertz CT molecular complexity index is 211. The van der Waals surface area contributed by atoms with Gasteiger partial charge in [0.05, 0.1) is 7.11 Å². The summed E-state index contributed by atoms with van der Waals surface area (Å²) in [5.74, 6) is -0.268. The summed E-state index contributed by atoms with van der Waals surface area (Å²) in [5.41, 5.74) is -0.484. The fourth-order valence-corrected chi connectivity index (χ4v) is 1.80. The SMILES string of the molecule is COC(=O)C(Br)CC(C)(C)C(C)=O. The second kappa shape index (κ2) is 4.74. The largest absolute Gasteiger partial charge is 0.468 e. The molecule has 4 heteroatoms. The molecule has 0 fully saturated rings. The van der Waals surface area contributed by atoms with Gasteiger partial charge in [0.25, 0.3) is 0 Å². The molecule has 0 radical (unpaired) electrons. The molecule has 0 aliphatic rings. The van der Waals surface area contributed by atoms with E-state index in [0.717, 1.165) is 0 Å². The quantitative estimate of drug-likeness (QED) is 0.566. The second-order valence-electron chi connectivity index (χ2n) is 3.63. The summed E-state index contributed by atoms with van der Waals surface area (Å²) in [6.07, 6.45) is 0.453. The van der Waals surface area contributed by atoms with Crippen LogP contribution in [-0.4, -0.2) is 23.7 Å². The minimum Gasteiger partial charge on any atom is -0.468 e. The van der Waals surface area contributed by atoms with E-state index >= 15 is 0 Å². The van der Waals surface area contributed by atoms with Gasteiger partial charge in [0.1, 0.15) is 10.6 Å². The molecule has 0 rings (SSSR count). The first-order chi connectivity index (χ1) is 5.81. The molecule has 13 heavy (non-hydrogen) atoms. The van der Waals surface area contributed by atoms with Gasteiger partial charge in [-0.1, -0.05) is 29.8 Å². The number of ketones is 1. The molecule has 0 aromatic heterocycles. The van der Waals surface area contributed by atoms with Crippen LogP contribution in [0.3, 0.4) is 0 Å². The summed E-state index contributed by atoms with van der Waals surface area (Å²) in [6.45, 7) is 5.15. The van der Waals surface area contributed by atoms with Gasteiger partial charge in [-0.15, -0.1) is 0 Å². The number of rotatable bonds is 4. The summed E-state index contributed by atoms with van der Waals surface area (Å²) >= 11 is 3.18. The summed E-state index contributed by atoms with van der Waals surface area (Å²) in [7, 11) is 1.33. The molecule has 0 aromatic rings. The van der Waals surface area contributed by atoms with Crippen molar-refractivity contribution in [3.05, 3.63) is 0 Å². The van der Waals surface area contributed by atoms with Crippen LogP contribution in [0.25, 0.3) is 0 Å². The van der Waals surface area contributed by atoms with Gasteiger partial charge in [0, 0.05) is 5.41 Å². The average Bonchev–Trinajstić information content (AvgIpc) is 2.01. The molecule has 1 atom stereocenters. The van der Waals surface area contributed by atoms with Gasteiger partial charge in [-0.3, -0.25) is 9.59 Å². The molecule has 0 aliphatic heterocycles. The summed E-state index contributed by atoms with van der Waals surface area (Å²) in [4.78, 5) is 21.8. The second-order valence-corrected chi connectivity index (χ2v) is 4.74. The fraction of sp³-hybridized carbons (Fsp3) is 0.778. The predicted molar refractivity (Wildman–Crippen MR) is 53.8 cm³/mol. The average molecular weight is 251 g/mol. The lowest BCUT2D eigenvalue weighted by molar-refractivity contribution is -0.140. The highest BCUT2D eigenvalue weighted by Crippen LogP contribution is 2.27. The first kappa shape index (κ1) is 12.6. The van der Waals surface area contributed by atoms with Crippen molar-refractivity contribution >= 4 is 27.7 Å². The normalized spacial score (nSPS) is 13.6. The van der Waals surface area contributed by atoms with Crippen molar-refractivity contribution in [3.8, 4) is 0 Å². The Morgan fingerprint density at radius 3 is 2.23 bits per heavy atom. The van der Waals surface area contributed by atoms with Crippen LogP contribution in [0, 0.1) is 5.41 Å². The van der Waals surface area contributed by atoms with Crippen molar-refractivity contribution in [2.24, 2.45) is 5.41 Å². The monoisotopic (exact) mass is 250 g/mol. The molecule has 0 aliphatic carbocycles. The molecule has 76 valence electrons. The van der Waals surface area contributed by atoms with Crippen molar-refractivity contribution in [1.29, 1.82) is 0 Å². The number of carbonyl (C=O) groups excluding carboxylic acids is 2. The number of halogens is 1. The van der Waals surface area contributed by atoms with Crippen molar-refractivity contribution in [2.45, 2.75) is 32.0 Å². The van der Waals surface area contributed by atoms with E-state index in [4.69, 9.17) is 0 Å². The summed E-state index contributed by atoms with van der Waals surface area (Å²) < 4.78 is 4.54. The lowest BCUT2D eigenvalue weighted by atomic mass is 9.84. The minimum atomic E-state index is -0.484. The Morgan fingerprint density at radius 1 is 1.46 bits per heavy atom. The van der Waals surface area contributed by atoms with E-state index in [1.54, 1.807) is 0 Å². The predicted octanol–water partition coefficient (Wildman–Crippen LogP) is 1.93. The number of carbonyl (C=O) groups is 2. The van der Waals surface area contributed by atoms with Crippen LogP contribution in [0.2, 0.25) is 0 Å². The number of ether oxygens (including phenoxy) is 1. The zero-order valence-corrected chi connectivity index (χ0v) is 9.97. The van der Waals surface area contributed by atoms with Gasteiger partial charge in [-0.25, -0.2) is 0 Å². The van der Waals surface area contributed by atoms with E-state index in [0.29, 0.717) is 6.42 Å². The molecular formula is C9H15BrO3. The highest BCUT2D eigenvalue weighted by molar-refractivity contribution is 9.10. The molecular weight excluding hydrogens is 236 g/mol. The van der Waals surface area contributed by atoms with Crippen molar-refractivity contribution in [1.82, 2.24) is 0 Å². The third-order valence-corrected chi connectivity index (χ3v) is 2.80. The number of alkyl halides is 1. The van der Waals surface area contributed by atoms with E-state index in [2.05, 4.69) is 20.7 Å². The molecule has 0 amide bonds. The number of methoxy groups -OCH3 is 1. The van der Waals surface area contributed by atoms with Crippen LogP contribution < -0.4 is 0 Å². The highest BCUT2D eigenvalue weighted by atomic mass is 79.9. The lowest BCUT2D eigenvalue weighted by Gasteiger charge is -2.22. The molecule has 0 saturated carbocycles. The van der Waals surface area contributed by atoms with Crippen molar-refractivity contribution in [3.63, 3.8) is 0 Å². The smallest absolute Gasteiger partial charge is 0.319 e. The Balaban J connectivity index is 4.27. The van der Waals surface area contributed by atoms with E-state index in [1.165, 1.54) is 14.0 Å². The van der Waals surface area contributed by atoms with Gasteiger partial charge in [-0.05, 0) is 13.3 Å². The van der Waals surface area contributed by atoms with E-state index < -0.39 is 10.2 Å². The van der Waals surface area contributed by atoms with E-state index in [9.17, 15) is 9.59 Å². The Hall–Kier alpha value is -0.380. The van der Waals surface area contributed by atoms with Crippen LogP contribution in [0.4, 0.5) is 0 Å². The van der Waals surface area contributed by atoms with Gasteiger partial charge >= 0.3 is 5.97 Å². The van der Waals surface area contributed by atoms with Gasteiger partial charge in [-0.2, -0.15) is 0 Å². The van der Waals surface area contributed by atoms with Crippen LogP contribution >= 0.6 is 15.9 Å². The maximum Gasteiger partial charge on any atom is 0.319 e. The van der Waals surface area contributed by atoms with Crippen LogP contribution in [0.15, 0.2) is 0 Å². The van der Waals surface area contributed by atoms with E-state index in [-0.39, 0.29) is 11.8 Å². The number of Topliss-reactive ketones (excluding diaryl/α,β-unsaturated/α-hetero) is 1. The zero-order valence-electron chi connectivity index (χ0n) is 8.39. The van der Waals surface area contributed by atoms with Crippen LogP contribution in [-0.2, 0) is 14.3 Å². The maximum absolute atomic E-state index is 11.1. The minimum absolute atomic E-state index is 0.0702. The molecule has 0 aromatic carbocycles. The van der Waals surface area contributed by atoms with Gasteiger partial charge in [0.2, 0.25) is 0 Å². The summed E-state index contributed by atoms with van der Waals surface area (Å²) in [5, 5.41) is 0. The third kappa shape index (κ3) is 3.89. The van der Waals surface area contributed by atoms with Crippen molar-refractivity contribution in [2.75, 3.05) is 7.11 Å². The van der Waals surface area contributed by atoms with Gasteiger partial charge < -0.3 is 4.74 Å². The first-order valence-corrected chi connectivity index (χ1v) is 4.95. The highest BCUT2D eigenvalue weighted by Gasteiger charge is 2.30. The number of hydrogen-bond acceptors (Lipinski definition) is 3.